The minimum atomic E-state index is -0.775. The van der Waals surface area contributed by atoms with E-state index in [1.807, 2.05) is 55.5 Å². The lowest BCUT2D eigenvalue weighted by Crippen LogP contribution is -2.37. The molecule has 0 saturated heterocycles. The Morgan fingerprint density at radius 1 is 0.700 bits per heavy atom. The van der Waals surface area contributed by atoms with Crippen molar-refractivity contribution in [3.8, 4) is 0 Å². The summed E-state index contributed by atoms with van der Waals surface area (Å²) in [5.74, 6) is -0.334. The quantitative estimate of drug-likeness (QED) is 0.479. The van der Waals surface area contributed by atoms with Crippen molar-refractivity contribution in [1.29, 1.82) is 0 Å². The summed E-state index contributed by atoms with van der Waals surface area (Å²) in [4.78, 5) is 2.22. The van der Waals surface area contributed by atoms with Crippen molar-refractivity contribution < 1.29 is 15.3 Å². The summed E-state index contributed by atoms with van der Waals surface area (Å²) in [6.07, 6.45) is -1.46. The van der Waals surface area contributed by atoms with Crippen molar-refractivity contribution in [3.05, 3.63) is 107 Å². The molecule has 0 aliphatic rings. The standard InChI is InChI=1S/C26H31NO3/c1-20(26(30)24-14-12-23(19-28)13-15-24)25(29)18-27(16-21-8-4-2-5-9-21)17-22-10-6-3-7-11-22/h2-15,20,25-26,28-30H,16-19H2,1H3/t20-,25+,26+/m1/s1. The van der Waals surface area contributed by atoms with Gasteiger partial charge in [-0.3, -0.25) is 4.90 Å². The van der Waals surface area contributed by atoms with E-state index in [1.165, 1.54) is 11.1 Å². The zero-order chi connectivity index (χ0) is 21.3. The summed E-state index contributed by atoms with van der Waals surface area (Å²) in [6.45, 7) is 3.75. The van der Waals surface area contributed by atoms with E-state index in [-0.39, 0.29) is 12.5 Å². The predicted octanol–water partition coefficient (Wildman–Crippen LogP) is 3.91. The van der Waals surface area contributed by atoms with Gasteiger partial charge in [-0.05, 0) is 22.3 Å². The van der Waals surface area contributed by atoms with Gasteiger partial charge in [0.05, 0.1) is 18.8 Å². The highest BCUT2D eigenvalue weighted by Crippen LogP contribution is 2.26. The van der Waals surface area contributed by atoms with Gasteiger partial charge in [0, 0.05) is 25.6 Å². The smallest absolute Gasteiger partial charge is 0.0840 e. The number of aliphatic hydroxyl groups excluding tert-OH is 3. The molecule has 3 aromatic carbocycles. The molecular weight excluding hydrogens is 374 g/mol. The van der Waals surface area contributed by atoms with E-state index in [4.69, 9.17) is 0 Å². The van der Waals surface area contributed by atoms with Crippen LogP contribution in [-0.4, -0.2) is 32.9 Å². The zero-order valence-electron chi connectivity index (χ0n) is 17.4. The van der Waals surface area contributed by atoms with Gasteiger partial charge in [0.25, 0.3) is 0 Å². The fourth-order valence-corrected chi connectivity index (χ4v) is 3.63. The monoisotopic (exact) mass is 405 g/mol. The van der Waals surface area contributed by atoms with Gasteiger partial charge in [0.1, 0.15) is 0 Å². The fourth-order valence-electron chi connectivity index (χ4n) is 3.63. The lowest BCUT2D eigenvalue weighted by molar-refractivity contribution is -0.00116. The van der Waals surface area contributed by atoms with Crippen LogP contribution in [0.3, 0.4) is 0 Å². The second-order valence-electron chi connectivity index (χ2n) is 7.91. The maximum atomic E-state index is 10.9. The zero-order valence-corrected chi connectivity index (χ0v) is 17.4. The number of hydrogen-bond donors (Lipinski definition) is 3. The number of rotatable bonds is 10. The van der Waals surface area contributed by atoms with Gasteiger partial charge in [-0.1, -0.05) is 91.9 Å². The second-order valence-corrected chi connectivity index (χ2v) is 7.91. The third-order valence-corrected chi connectivity index (χ3v) is 5.55. The highest BCUT2D eigenvalue weighted by atomic mass is 16.3. The molecule has 4 nitrogen and oxygen atoms in total. The third kappa shape index (κ3) is 6.25. The topological polar surface area (TPSA) is 63.9 Å². The van der Waals surface area contributed by atoms with Gasteiger partial charge in [-0.25, -0.2) is 0 Å². The molecule has 0 aromatic heterocycles. The van der Waals surface area contributed by atoms with Crippen molar-refractivity contribution in [1.82, 2.24) is 4.90 Å². The molecule has 0 radical (unpaired) electrons. The van der Waals surface area contributed by atoms with Crippen LogP contribution in [-0.2, 0) is 19.7 Å². The number of aliphatic hydroxyl groups is 3. The van der Waals surface area contributed by atoms with Crippen molar-refractivity contribution in [2.45, 2.75) is 38.8 Å². The molecule has 3 rings (SSSR count). The van der Waals surface area contributed by atoms with E-state index >= 15 is 0 Å². The van der Waals surface area contributed by atoms with Crippen LogP contribution >= 0.6 is 0 Å². The molecule has 3 aromatic rings. The van der Waals surface area contributed by atoms with E-state index < -0.39 is 12.2 Å². The lowest BCUT2D eigenvalue weighted by atomic mass is 9.91. The van der Waals surface area contributed by atoms with Crippen molar-refractivity contribution >= 4 is 0 Å². The average Bonchev–Trinajstić information content (AvgIpc) is 2.79. The van der Waals surface area contributed by atoms with Gasteiger partial charge in [-0.15, -0.1) is 0 Å². The van der Waals surface area contributed by atoms with Crippen LogP contribution in [0.2, 0.25) is 0 Å². The largest absolute Gasteiger partial charge is 0.392 e. The lowest BCUT2D eigenvalue weighted by Gasteiger charge is -2.30. The molecule has 0 aliphatic heterocycles. The average molecular weight is 406 g/mol. The Labute approximate surface area is 179 Å². The van der Waals surface area contributed by atoms with Crippen molar-refractivity contribution in [3.63, 3.8) is 0 Å². The van der Waals surface area contributed by atoms with Crippen LogP contribution in [0.15, 0.2) is 84.9 Å². The first kappa shape index (κ1) is 22.2. The molecule has 0 unspecified atom stereocenters. The molecule has 0 spiro atoms. The molecular formula is C26H31NO3. The first-order valence-electron chi connectivity index (χ1n) is 10.4. The Morgan fingerprint density at radius 3 is 1.67 bits per heavy atom. The minimum absolute atomic E-state index is 0.0253. The highest BCUT2D eigenvalue weighted by molar-refractivity contribution is 5.24. The number of hydrogen-bond acceptors (Lipinski definition) is 4. The summed E-state index contributed by atoms with van der Waals surface area (Å²) in [6, 6.07) is 27.7. The molecule has 0 amide bonds. The van der Waals surface area contributed by atoms with Gasteiger partial charge < -0.3 is 15.3 Å². The van der Waals surface area contributed by atoms with E-state index in [0.29, 0.717) is 6.54 Å². The number of nitrogens with zero attached hydrogens (tertiary/aromatic N) is 1. The Morgan fingerprint density at radius 2 is 1.20 bits per heavy atom. The van der Waals surface area contributed by atoms with Crippen LogP contribution in [0.1, 0.15) is 35.3 Å². The highest BCUT2D eigenvalue weighted by Gasteiger charge is 2.26. The first-order chi connectivity index (χ1) is 14.6. The van der Waals surface area contributed by atoms with Crippen LogP contribution in [0.5, 0.6) is 0 Å². The number of benzene rings is 3. The molecule has 0 bridgehead atoms. The molecule has 30 heavy (non-hydrogen) atoms. The summed E-state index contributed by atoms with van der Waals surface area (Å²) in [5.41, 5.74) is 3.93. The normalized spacial score (nSPS) is 14.4. The molecule has 0 saturated carbocycles. The Bertz CT molecular complexity index is 826. The molecule has 3 N–H and O–H groups in total. The maximum Gasteiger partial charge on any atom is 0.0840 e. The fraction of sp³-hybridized carbons (Fsp3) is 0.308. The summed E-state index contributed by atoms with van der Waals surface area (Å²) < 4.78 is 0. The molecule has 3 atom stereocenters. The van der Waals surface area contributed by atoms with Crippen molar-refractivity contribution in [2.75, 3.05) is 6.54 Å². The van der Waals surface area contributed by atoms with Gasteiger partial charge >= 0.3 is 0 Å². The second kappa shape index (κ2) is 11.0. The minimum Gasteiger partial charge on any atom is -0.392 e. The molecule has 0 fully saturated rings. The Kier molecular flexibility index (Phi) is 8.17. The van der Waals surface area contributed by atoms with Crippen LogP contribution in [0.25, 0.3) is 0 Å². The van der Waals surface area contributed by atoms with Crippen LogP contribution in [0.4, 0.5) is 0 Å². The Balaban J connectivity index is 1.69. The van der Waals surface area contributed by atoms with Gasteiger partial charge in [0.2, 0.25) is 0 Å². The van der Waals surface area contributed by atoms with Crippen LogP contribution < -0.4 is 0 Å². The molecule has 0 aliphatic carbocycles. The van der Waals surface area contributed by atoms with E-state index in [9.17, 15) is 15.3 Å². The third-order valence-electron chi connectivity index (χ3n) is 5.55. The summed E-state index contributed by atoms with van der Waals surface area (Å²) >= 11 is 0. The van der Waals surface area contributed by atoms with E-state index in [2.05, 4.69) is 29.2 Å². The summed E-state index contributed by atoms with van der Waals surface area (Å²) in [5, 5.41) is 30.9. The summed E-state index contributed by atoms with van der Waals surface area (Å²) in [7, 11) is 0. The van der Waals surface area contributed by atoms with Crippen molar-refractivity contribution in [2.24, 2.45) is 5.92 Å². The first-order valence-corrected chi connectivity index (χ1v) is 10.4. The Hall–Kier alpha value is -2.50. The molecule has 158 valence electrons. The molecule has 4 heteroatoms. The van der Waals surface area contributed by atoms with Crippen LogP contribution in [0, 0.1) is 5.92 Å². The van der Waals surface area contributed by atoms with Gasteiger partial charge in [0.15, 0.2) is 0 Å². The maximum absolute atomic E-state index is 10.9. The van der Waals surface area contributed by atoms with E-state index in [0.717, 1.165) is 24.2 Å². The van der Waals surface area contributed by atoms with E-state index in [1.54, 1.807) is 12.1 Å². The van der Waals surface area contributed by atoms with Gasteiger partial charge in [-0.2, -0.15) is 0 Å². The SMILES string of the molecule is C[C@@H]([C@H](O)c1ccc(CO)cc1)[C@@H](O)CN(Cc1ccccc1)Cc1ccccc1. The molecule has 0 heterocycles. The predicted molar refractivity (Wildman–Crippen MR) is 119 cm³/mol.